The monoisotopic (exact) mass is 982 g/mol. The number of aromatic nitrogens is 4. The zero-order chi connectivity index (χ0) is 49.7. The molecule has 0 saturated carbocycles. The molecule has 4 nitrogen and oxygen atoms in total. The average Bonchev–Trinajstić information content (AvgIpc) is 4.49. The van der Waals surface area contributed by atoms with Gasteiger partial charge in [0.25, 0.3) is 0 Å². The van der Waals surface area contributed by atoms with Crippen molar-refractivity contribution in [2.75, 3.05) is 0 Å². The number of nitrogens with zero attached hydrogens (tertiary/aromatic N) is 4. The van der Waals surface area contributed by atoms with Crippen molar-refractivity contribution in [2.45, 2.75) is 10.8 Å². The van der Waals surface area contributed by atoms with Crippen LogP contribution in [0, 0.1) is 0 Å². The van der Waals surface area contributed by atoms with Crippen LogP contribution in [0.5, 0.6) is 0 Å². The Morgan fingerprint density at radius 2 is 0.737 bits per heavy atom. The lowest BCUT2D eigenvalue weighted by Crippen LogP contribution is -2.25. The summed E-state index contributed by atoms with van der Waals surface area (Å²) in [6.07, 6.45) is 0. The van der Waals surface area contributed by atoms with E-state index in [0.717, 1.165) is 54.8 Å². The van der Waals surface area contributed by atoms with Crippen molar-refractivity contribution >= 4 is 22.4 Å². The van der Waals surface area contributed by atoms with E-state index in [1.165, 1.54) is 94.6 Å². The summed E-state index contributed by atoms with van der Waals surface area (Å²) in [6.45, 7) is 0. The number of para-hydroxylation sites is 1. The van der Waals surface area contributed by atoms with Crippen LogP contribution in [-0.4, -0.2) is 19.7 Å². The Hall–Kier alpha value is -9.55. The molecular weight excluding hydrogens is 941 g/mol. The van der Waals surface area contributed by atoms with E-state index in [0.29, 0.717) is 0 Å². The van der Waals surface area contributed by atoms with Crippen molar-refractivity contribution < 1.29 is 0 Å². The normalized spacial score (nSPS) is 15.3. The quantitative estimate of drug-likeness (QED) is 0.173. The second kappa shape index (κ2) is 15.5. The first kappa shape index (κ1) is 41.9. The Morgan fingerprint density at radius 3 is 1.34 bits per heavy atom. The maximum atomic E-state index is 5.67. The van der Waals surface area contributed by atoms with Crippen LogP contribution >= 0.6 is 11.3 Å². The minimum atomic E-state index is -0.520. The van der Waals surface area contributed by atoms with Gasteiger partial charge >= 0.3 is 0 Å². The van der Waals surface area contributed by atoms with Crippen molar-refractivity contribution in [3.63, 3.8) is 0 Å². The summed E-state index contributed by atoms with van der Waals surface area (Å²) >= 11 is 1.64. The maximum Gasteiger partial charge on any atom is 0.148 e. The molecule has 4 aliphatic rings. The van der Waals surface area contributed by atoms with E-state index in [2.05, 4.69) is 258 Å². The van der Waals surface area contributed by atoms with E-state index in [9.17, 15) is 0 Å². The van der Waals surface area contributed by atoms with Gasteiger partial charge in [-0.2, -0.15) is 0 Å². The minimum absolute atomic E-state index is 0.457. The maximum absolute atomic E-state index is 5.67. The summed E-state index contributed by atoms with van der Waals surface area (Å²) < 4.78 is 2.40. The van der Waals surface area contributed by atoms with E-state index in [1.54, 1.807) is 11.3 Å². The summed E-state index contributed by atoms with van der Waals surface area (Å²) in [5.74, 6) is 0.924. The molecule has 11 aromatic carbocycles. The standard InChI is InChI=1S/C71H42N4S/c1-3-19-43(20-4-1)68-73-74-69(76-68)45-37-39-60-54(41-45)50-25-9-14-32-57(50)71(60)58-33-15-10-26-51(58)65-47(28-17-35-61(65)71)44-38-40-63-64(42-44)75(46-21-5-2-6-22-46)67(72-63)53-29-18-36-62-66(53)52-27-11-16-34-59(52)70(62)55-30-12-7-23-48(55)49-24-8-13-31-56(49)70/h1-42H. The fraction of sp³-hybridized carbons (Fsp3) is 0.0282. The lowest BCUT2D eigenvalue weighted by atomic mass is 9.70. The highest BCUT2D eigenvalue weighted by molar-refractivity contribution is 7.17. The molecule has 13 aromatic rings. The van der Waals surface area contributed by atoms with Gasteiger partial charge < -0.3 is 0 Å². The first-order valence-corrected chi connectivity index (χ1v) is 26.9. The third kappa shape index (κ3) is 5.34. The van der Waals surface area contributed by atoms with Gasteiger partial charge in [0.1, 0.15) is 15.8 Å². The number of fused-ring (bicyclic) bond motifs is 21. The highest BCUT2D eigenvalue weighted by atomic mass is 32.1. The molecule has 352 valence electrons. The lowest BCUT2D eigenvalue weighted by molar-refractivity contribution is 0.794. The first-order valence-electron chi connectivity index (χ1n) is 26.1. The molecule has 2 spiro atoms. The molecule has 1 unspecified atom stereocenters. The lowest BCUT2D eigenvalue weighted by Gasteiger charge is -2.30. The van der Waals surface area contributed by atoms with Crippen molar-refractivity contribution in [3.05, 3.63) is 299 Å². The number of rotatable bonds is 5. The largest absolute Gasteiger partial charge is 0.292 e. The summed E-state index contributed by atoms with van der Waals surface area (Å²) in [6, 6.07) is 94.2. The molecule has 76 heavy (non-hydrogen) atoms. The third-order valence-corrected chi connectivity index (χ3v) is 18.1. The molecule has 5 heteroatoms. The van der Waals surface area contributed by atoms with E-state index < -0.39 is 10.8 Å². The Kier molecular flexibility index (Phi) is 8.54. The number of hydrogen-bond donors (Lipinski definition) is 0. The van der Waals surface area contributed by atoms with Gasteiger partial charge in [0.05, 0.1) is 21.9 Å². The second-order valence-electron chi connectivity index (χ2n) is 20.5. The topological polar surface area (TPSA) is 43.6 Å². The van der Waals surface area contributed by atoms with Crippen molar-refractivity contribution in [1.82, 2.24) is 19.7 Å². The zero-order valence-electron chi connectivity index (χ0n) is 40.9. The Labute approximate surface area is 443 Å². The molecule has 1 atom stereocenters. The van der Waals surface area contributed by atoms with Gasteiger partial charge in [-0.3, -0.25) is 4.57 Å². The highest BCUT2D eigenvalue weighted by Gasteiger charge is 2.54. The number of hydrogen-bond acceptors (Lipinski definition) is 4. The van der Waals surface area contributed by atoms with Gasteiger partial charge in [-0.25, -0.2) is 4.98 Å². The first-order chi connectivity index (χ1) is 37.7. The van der Waals surface area contributed by atoms with E-state index in [-0.39, 0.29) is 0 Å². The molecule has 17 rings (SSSR count). The van der Waals surface area contributed by atoms with Gasteiger partial charge in [-0.05, 0) is 130 Å². The predicted molar refractivity (Wildman–Crippen MR) is 309 cm³/mol. The Morgan fingerprint density at radius 1 is 0.303 bits per heavy atom. The van der Waals surface area contributed by atoms with E-state index >= 15 is 0 Å². The van der Waals surface area contributed by atoms with Gasteiger partial charge in [0.15, 0.2) is 0 Å². The van der Waals surface area contributed by atoms with Crippen molar-refractivity contribution in [3.8, 4) is 93.9 Å². The molecule has 0 amide bonds. The van der Waals surface area contributed by atoms with Crippen LogP contribution in [0.3, 0.4) is 0 Å². The predicted octanol–water partition coefficient (Wildman–Crippen LogP) is 17.2. The molecule has 2 aromatic heterocycles. The fourth-order valence-corrected chi connectivity index (χ4v) is 15.0. The molecule has 0 fully saturated rings. The van der Waals surface area contributed by atoms with Crippen LogP contribution in [-0.2, 0) is 10.8 Å². The summed E-state index contributed by atoms with van der Waals surface area (Å²) in [5, 5.41) is 11.2. The minimum Gasteiger partial charge on any atom is -0.292 e. The second-order valence-corrected chi connectivity index (χ2v) is 21.5. The highest BCUT2D eigenvalue weighted by Crippen LogP contribution is 2.66. The van der Waals surface area contributed by atoms with Crippen LogP contribution in [0.15, 0.2) is 255 Å². The van der Waals surface area contributed by atoms with Crippen LogP contribution in [0.1, 0.15) is 44.5 Å². The van der Waals surface area contributed by atoms with E-state index in [4.69, 9.17) is 10.1 Å². The van der Waals surface area contributed by atoms with Gasteiger partial charge in [-0.1, -0.05) is 236 Å². The molecule has 2 heterocycles. The molecule has 0 radical (unpaired) electrons. The fourth-order valence-electron chi connectivity index (χ4n) is 14.2. The molecule has 0 saturated heterocycles. The molecular formula is C71H42N4S. The summed E-state index contributed by atoms with van der Waals surface area (Å²) in [7, 11) is 0. The van der Waals surface area contributed by atoms with Crippen molar-refractivity contribution in [2.24, 2.45) is 0 Å². The summed E-state index contributed by atoms with van der Waals surface area (Å²) in [5.41, 5.74) is 28.3. The molecule has 0 bridgehead atoms. The van der Waals surface area contributed by atoms with Gasteiger partial charge in [-0.15, -0.1) is 10.2 Å². The molecule has 4 aliphatic carbocycles. The summed E-state index contributed by atoms with van der Waals surface area (Å²) in [4.78, 5) is 5.67. The van der Waals surface area contributed by atoms with Gasteiger partial charge in [0, 0.05) is 22.4 Å². The molecule has 0 N–H and O–H groups in total. The van der Waals surface area contributed by atoms with Crippen LogP contribution < -0.4 is 0 Å². The smallest absolute Gasteiger partial charge is 0.148 e. The third-order valence-electron chi connectivity index (χ3n) is 17.0. The van der Waals surface area contributed by atoms with E-state index in [1.807, 2.05) is 6.07 Å². The van der Waals surface area contributed by atoms with Crippen LogP contribution in [0.25, 0.3) is 105 Å². The van der Waals surface area contributed by atoms with Crippen LogP contribution in [0.4, 0.5) is 0 Å². The zero-order valence-corrected chi connectivity index (χ0v) is 41.8. The Bertz CT molecular complexity index is 4560. The Balaban J connectivity index is 0.862. The average molecular weight is 983 g/mol. The van der Waals surface area contributed by atoms with Crippen molar-refractivity contribution in [1.29, 1.82) is 0 Å². The van der Waals surface area contributed by atoms with Gasteiger partial charge in [0.2, 0.25) is 0 Å². The number of benzene rings is 11. The molecule has 0 aliphatic heterocycles. The SMILES string of the molecule is c1ccc(-c2nnc(-c3ccc4c(c3)-c3ccccc3C43c4ccccc4-c4c(-c5ccc6nc(-c7cccc8c7-c7ccccc7C87c8ccccc8-c8ccccc87)n(-c7ccccc7)c6c5)cccc43)s2)cc1. The number of imidazole rings is 1. The van der Waals surface area contributed by atoms with Crippen LogP contribution in [0.2, 0.25) is 0 Å².